The van der Waals surface area contributed by atoms with Crippen LogP contribution < -0.4 is 0 Å². The van der Waals surface area contributed by atoms with Gasteiger partial charge in [-0.2, -0.15) is 5.26 Å². The zero-order valence-electron chi connectivity index (χ0n) is 12.6. The van der Waals surface area contributed by atoms with E-state index in [9.17, 15) is 5.11 Å². The standard InChI is InChI=1S/C14H27N3O2/c1-12(2)19-10-13(18)9-16-5-7-17(8-6-16)14(3,4)11-15/h12-13,18H,5-10H2,1-4H3. The topological polar surface area (TPSA) is 59.7 Å². The predicted molar refractivity (Wildman–Crippen MR) is 74.8 cm³/mol. The van der Waals surface area contributed by atoms with Crippen molar-refractivity contribution < 1.29 is 9.84 Å². The molecule has 0 saturated carbocycles. The summed E-state index contributed by atoms with van der Waals surface area (Å²) < 4.78 is 5.41. The van der Waals surface area contributed by atoms with E-state index in [0.717, 1.165) is 26.2 Å². The lowest BCUT2D eigenvalue weighted by molar-refractivity contribution is -0.0181. The molecule has 0 aliphatic carbocycles. The molecule has 5 heteroatoms. The Bertz CT molecular complexity index is 304. The van der Waals surface area contributed by atoms with Crippen molar-refractivity contribution >= 4 is 0 Å². The maximum absolute atomic E-state index is 9.89. The highest BCUT2D eigenvalue weighted by Crippen LogP contribution is 2.15. The fourth-order valence-corrected chi connectivity index (χ4v) is 2.21. The second kappa shape index (κ2) is 7.20. The van der Waals surface area contributed by atoms with Crippen LogP contribution in [0.2, 0.25) is 0 Å². The molecule has 1 fully saturated rings. The van der Waals surface area contributed by atoms with Gasteiger partial charge in [0.2, 0.25) is 0 Å². The largest absolute Gasteiger partial charge is 0.389 e. The van der Waals surface area contributed by atoms with E-state index in [1.165, 1.54) is 0 Å². The van der Waals surface area contributed by atoms with Crippen LogP contribution in [-0.2, 0) is 4.74 Å². The molecule has 0 radical (unpaired) electrons. The Kier molecular flexibility index (Phi) is 6.21. The minimum absolute atomic E-state index is 0.155. The molecule has 5 nitrogen and oxygen atoms in total. The first kappa shape index (κ1) is 16.4. The summed E-state index contributed by atoms with van der Waals surface area (Å²) in [7, 11) is 0. The molecule has 1 saturated heterocycles. The molecule has 1 rings (SSSR count). The molecule has 0 bridgehead atoms. The number of ether oxygens (including phenoxy) is 1. The minimum Gasteiger partial charge on any atom is -0.389 e. The summed E-state index contributed by atoms with van der Waals surface area (Å²) in [5.41, 5.74) is -0.397. The molecule has 1 N–H and O–H groups in total. The zero-order valence-corrected chi connectivity index (χ0v) is 12.6. The molecule has 0 spiro atoms. The van der Waals surface area contributed by atoms with Crippen LogP contribution in [0.15, 0.2) is 0 Å². The number of rotatable bonds is 6. The van der Waals surface area contributed by atoms with Gasteiger partial charge in [-0.15, -0.1) is 0 Å². The van der Waals surface area contributed by atoms with Gasteiger partial charge in [0, 0.05) is 32.7 Å². The number of aliphatic hydroxyl groups is 1. The molecule has 1 atom stereocenters. The van der Waals surface area contributed by atoms with E-state index in [1.54, 1.807) is 0 Å². The van der Waals surface area contributed by atoms with Gasteiger partial charge in [0.25, 0.3) is 0 Å². The highest BCUT2D eigenvalue weighted by atomic mass is 16.5. The van der Waals surface area contributed by atoms with Crippen molar-refractivity contribution in [2.24, 2.45) is 0 Å². The fourth-order valence-electron chi connectivity index (χ4n) is 2.21. The van der Waals surface area contributed by atoms with Gasteiger partial charge in [-0.05, 0) is 27.7 Å². The molecule has 1 unspecified atom stereocenters. The van der Waals surface area contributed by atoms with Crippen molar-refractivity contribution in [2.45, 2.75) is 45.4 Å². The number of aliphatic hydroxyl groups excluding tert-OH is 1. The van der Waals surface area contributed by atoms with Gasteiger partial charge in [0.1, 0.15) is 5.54 Å². The van der Waals surface area contributed by atoms with Crippen molar-refractivity contribution in [3.63, 3.8) is 0 Å². The molecule has 110 valence electrons. The summed E-state index contributed by atoms with van der Waals surface area (Å²) in [6.45, 7) is 12.4. The molecule has 0 amide bonds. The fraction of sp³-hybridized carbons (Fsp3) is 0.929. The first-order chi connectivity index (χ1) is 8.85. The second-order valence-corrected chi connectivity index (χ2v) is 5.99. The molecule has 1 aliphatic rings. The molecule has 0 aromatic carbocycles. The third kappa shape index (κ3) is 5.45. The van der Waals surface area contributed by atoms with Gasteiger partial charge < -0.3 is 9.84 Å². The van der Waals surface area contributed by atoms with Gasteiger partial charge in [-0.3, -0.25) is 9.80 Å². The van der Waals surface area contributed by atoms with Gasteiger partial charge in [-0.1, -0.05) is 0 Å². The molecule has 0 aromatic heterocycles. The summed E-state index contributed by atoms with van der Waals surface area (Å²) in [5, 5.41) is 19.0. The Morgan fingerprint density at radius 3 is 2.32 bits per heavy atom. The lowest BCUT2D eigenvalue weighted by Gasteiger charge is -2.40. The van der Waals surface area contributed by atoms with Gasteiger partial charge >= 0.3 is 0 Å². The van der Waals surface area contributed by atoms with E-state index >= 15 is 0 Å². The Morgan fingerprint density at radius 2 is 1.84 bits per heavy atom. The lowest BCUT2D eigenvalue weighted by Crippen LogP contribution is -2.55. The van der Waals surface area contributed by atoms with Crippen LogP contribution in [-0.4, -0.2) is 72.0 Å². The van der Waals surface area contributed by atoms with Crippen molar-refractivity contribution in [3.8, 4) is 6.07 Å². The van der Waals surface area contributed by atoms with E-state index in [1.807, 2.05) is 27.7 Å². The normalized spacial score (nSPS) is 20.5. The molecule has 19 heavy (non-hydrogen) atoms. The maximum Gasteiger partial charge on any atom is 0.103 e. The number of piperazine rings is 1. The van der Waals surface area contributed by atoms with Gasteiger partial charge in [0.15, 0.2) is 0 Å². The predicted octanol–water partition coefficient (Wildman–Crippen LogP) is 0.692. The number of hydrogen-bond acceptors (Lipinski definition) is 5. The Hall–Kier alpha value is -0.670. The van der Waals surface area contributed by atoms with Crippen LogP contribution in [0, 0.1) is 11.3 Å². The third-order valence-corrected chi connectivity index (χ3v) is 3.53. The summed E-state index contributed by atoms with van der Waals surface area (Å²) in [6, 6.07) is 2.34. The average molecular weight is 269 g/mol. The smallest absolute Gasteiger partial charge is 0.103 e. The molecule has 1 aliphatic heterocycles. The lowest BCUT2D eigenvalue weighted by atomic mass is 10.0. The van der Waals surface area contributed by atoms with Crippen molar-refractivity contribution in [1.82, 2.24) is 9.80 Å². The number of nitrogens with zero attached hydrogens (tertiary/aromatic N) is 3. The second-order valence-electron chi connectivity index (χ2n) is 5.99. The highest BCUT2D eigenvalue weighted by molar-refractivity contribution is 5.02. The Balaban J connectivity index is 2.29. The highest BCUT2D eigenvalue weighted by Gasteiger charge is 2.30. The van der Waals surface area contributed by atoms with Crippen LogP contribution >= 0.6 is 0 Å². The minimum atomic E-state index is -0.432. The quantitative estimate of drug-likeness (QED) is 0.769. The molecule has 0 aromatic rings. The number of hydrogen-bond donors (Lipinski definition) is 1. The summed E-state index contributed by atoms with van der Waals surface area (Å²) in [6.07, 6.45) is -0.277. The average Bonchev–Trinajstić information content (AvgIpc) is 2.37. The third-order valence-electron chi connectivity index (χ3n) is 3.53. The van der Waals surface area contributed by atoms with Crippen LogP contribution in [0.4, 0.5) is 0 Å². The van der Waals surface area contributed by atoms with Crippen molar-refractivity contribution in [2.75, 3.05) is 39.3 Å². The first-order valence-electron chi connectivity index (χ1n) is 7.03. The van der Waals surface area contributed by atoms with E-state index < -0.39 is 11.6 Å². The van der Waals surface area contributed by atoms with Crippen molar-refractivity contribution in [3.05, 3.63) is 0 Å². The first-order valence-corrected chi connectivity index (χ1v) is 7.03. The summed E-state index contributed by atoms with van der Waals surface area (Å²) >= 11 is 0. The van der Waals surface area contributed by atoms with Crippen LogP contribution in [0.5, 0.6) is 0 Å². The number of nitriles is 1. The maximum atomic E-state index is 9.89. The monoisotopic (exact) mass is 269 g/mol. The Morgan fingerprint density at radius 1 is 1.26 bits per heavy atom. The SMILES string of the molecule is CC(C)OCC(O)CN1CCN(C(C)(C)C#N)CC1. The van der Waals surface area contributed by atoms with E-state index in [0.29, 0.717) is 13.2 Å². The van der Waals surface area contributed by atoms with Crippen LogP contribution in [0.1, 0.15) is 27.7 Å². The summed E-state index contributed by atoms with van der Waals surface area (Å²) in [4.78, 5) is 4.43. The van der Waals surface area contributed by atoms with E-state index in [-0.39, 0.29) is 6.10 Å². The van der Waals surface area contributed by atoms with Crippen LogP contribution in [0.25, 0.3) is 0 Å². The molecular formula is C14H27N3O2. The van der Waals surface area contributed by atoms with Crippen LogP contribution in [0.3, 0.4) is 0 Å². The molecular weight excluding hydrogens is 242 g/mol. The van der Waals surface area contributed by atoms with E-state index in [2.05, 4.69) is 15.9 Å². The van der Waals surface area contributed by atoms with Crippen molar-refractivity contribution in [1.29, 1.82) is 5.26 Å². The zero-order chi connectivity index (χ0) is 14.5. The summed E-state index contributed by atoms with van der Waals surface area (Å²) in [5.74, 6) is 0. The van der Waals surface area contributed by atoms with Gasteiger partial charge in [0.05, 0.1) is 24.9 Å². The number of β-amino-alcohol motifs (C(OH)–C–C–N with tert-alkyl or cyclic N) is 1. The molecule has 1 heterocycles. The van der Waals surface area contributed by atoms with E-state index in [4.69, 9.17) is 10.00 Å². The van der Waals surface area contributed by atoms with Gasteiger partial charge in [-0.25, -0.2) is 0 Å². The Labute approximate surface area is 116 Å².